The highest BCUT2D eigenvalue weighted by atomic mass is 15.2. The molecule has 52 heavy (non-hydrogen) atoms. The van der Waals surface area contributed by atoms with Crippen LogP contribution in [0.4, 0.5) is 0 Å². The minimum absolute atomic E-state index is 0.667. The lowest BCUT2D eigenvalue weighted by molar-refractivity contribution is 0.829. The highest BCUT2D eigenvalue weighted by Crippen LogP contribution is 2.42. The maximum atomic E-state index is 5.41. The molecule has 3 aromatic heterocycles. The fourth-order valence-corrected chi connectivity index (χ4v) is 8.64. The van der Waals surface area contributed by atoms with Crippen LogP contribution in [0.15, 0.2) is 164 Å². The molecule has 4 heteroatoms. The molecule has 3 heterocycles. The lowest BCUT2D eigenvalue weighted by atomic mass is 9.94. The van der Waals surface area contributed by atoms with Crippen molar-refractivity contribution in [3.05, 3.63) is 164 Å². The van der Waals surface area contributed by atoms with Crippen LogP contribution in [0.1, 0.15) is 6.92 Å². The average molecular weight is 665 g/mol. The second-order valence-electron chi connectivity index (χ2n) is 13.6. The first kappa shape index (κ1) is 29.0. The molecule has 0 fully saturated rings. The van der Waals surface area contributed by atoms with E-state index in [0.717, 1.165) is 39.7 Å². The quantitative estimate of drug-likeness (QED) is 0.188. The fourth-order valence-electron chi connectivity index (χ4n) is 8.64. The molecule has 8 aromatic carbocycles. The van der Waals surface area contributed by atoms with Crippen molar-refractivity contribution in [2.75, 3.05) is 0 Å². The van der Waals surface area contributed by atoms with Crippen LogP contribution in [0.5, 0.6) is 0 Å². The van der Waals surface area contributed by atoms with Gasteiger partial charge in [-0.05, 0) is 70.6 Å². The Balaban J connectivity index is 1.18. The van der Waals surface area contributed by atoms with Crippen molar-refractivity contribution in [2.45, 2.75) is 13.5 Å². The molecule has 0 aliphatic heterocycles. The zero-order valence-electron chi connectivity index (χ0n) is 28.6. The summed E-state index contributed by atoms with van der Waals surface area (Å²) in [6.07, 6.45) is 0. The van der Waals surface area contributed by atoms with Gasteiger partial charge < -0.3 is 4.57 Å². The van der Waals surface area contributed by atoms with Gasteiger partial charge in [0.2, 0.25) is 5.95 Å². The van der Waals surface area contributed by atoms with Crippen LogP contribution in [0.25, 0.3) is 104 Å². The van der Waals surface area contributed by atoms with E-state index in [9.17, 15) is 0 Å². The van der Waals surface area contributed by atoms with Gasteiger partial charge >= 0.3 is 0 Å². The molecule has 0 saturated heterocycles. The van der Waals surface area contributed by atoms with Gasteiger partial charge in [-0.1, -0.05) is 127 Å². The first-order chi connectivity index (χ1) is 25.8. The number of aromatic nitrogens is 4. The summed E-state index contributed by atoms with van der Waals surface area (Å²) in [7, 11) is 0. The molecule has 11 rings (SSSR count). The Hall–Kier alpha value is -6.78. The van der Waals surface area contributed by atoms with Gasteiger partial charge in [0.15, 0.2) is 0 Å². The van der Waals surface area contributed by atoms with Gasteiger partial charge in [0.05, 0.1) is 27.8 Å². The van der Waals surface area contributed by atoms with Gasteiger partial charge in [-0.25, -0.2) is 9.97 Å². The Morgan fingerprint density at radius 2 is 1.08 bits per heavy atom. The molecule has 0 aliphatic rings. The minimum Gasteiger partial charge on any atom is -0.340 e. The molecule has 0 N–H and O–H groups in total. The summed E-state index contributed by atoms with van der Waals surface area (Å²) in [5.41, 5.74) is 10.1. The van der Waals surface area contributed by atoms with Crippen LogP contribution >= 0.6 is 0 Å². The number of aryl methyl sites for hydroxylation is 1. The molecule has 0 aliphatic carbocycles. The van der Waals surface area contributed by atoms with Crippen LogP contribution in [0.2, 0.25) is 0 Å². The molecule has 0 saturated carbocycles. The van der Waals surface area contributed by atoms with Gasteiger partial charge in [0, 0.05) is 49.9 Å². The predicted molar refractivity (Wildman–Crippen MR) is 218 cm³/mol. The van der Waals surface area contributed by atoms with Crippen molar-refractivity contribution in [1.29, 1.82) is 0 Å². The summed E-state index contributed by atoms with van der Waals surface area (Å²) in [6, 6.07) is 59.0. The Labute approximate surface area is 299 Å². The third-order valence-corrected chi connectivity index (χ3v) is 10.9. The first-order valence-electron chi connectivity index (χ1n) is 18.0. The van der Waals surface area contributed by atoms with E-state index in [-0.39, 0.29) is 0 Å². The standard InChI is InChI=1S/C48H32N4/c1-2-51-43-24-11-8-19-35(43)41-29-39(33-17-5-6-20-37(33)47(41)51)31-26-27-45-40(28-31)34-18-9-12-25-44(34)52(45)48-49-42-23-10-7-21-38(42)46(50-48)36-22-13-15-30-14-3-4-16-32(30)36/h3-29H,2H2,1H3. The number of rotatable bonds is 4. The molecule has 11 aromatic rings. The van der Waals surface area contributed by atoms with Crippen LogP contribution in [0, 0.1) is 0 Å². The second-order valence-corrected chi connectivity index (χ2v) is 13.6. The third-order valence-electron chi connectivity index (χ3n) is 10.9. The predicted octanol–water partition coefficient (Wildman–Crippen LogP) is 12.5. The summed E-state index contributed by atoms with van der Waals surface area (Å²) < 4.78 is 4.70. The summed E-state index contributed by atoms with van der Waals surface area (Å²) in [4.78, 5) is 10.6. The van der Waals surface area contributed by atoms with Crippen molar-refractivity contribution in [1.82, 2.24) is 19.1 Å². The van der Waals surface area contributed by atoms with Crippen molar-refractivity contribution < 1.29 is 0 Å². The van der Waals surface area contributed by atoms with Gasteiger partial charge in [-0.3, -0.25) is 4.57 Å². The molecule has 0 radical (unpaired) electrons. The zero-order valence-corrected chi connectivity index (χ0v) is 28.6. The third kappa shape index (κ3) is 4.09. The molecule has 4 nitrogen and oxygen atoms in total. The Kier molecular flexibility index (Phi) is 6.20. The van der Waals surface area contributed by atoms with Gasteiger partial charge in [0.1, 0.15) is 0 Å². The monoisotopic (exact) mass is 664 g/mol. The van der Waals surface area contributed by atoms with Crippen molar-refractivity contribution >= 4 is 76.1 Å². The number of benzene rings is 8. The van der Waals surface area contributed by atoms with E-state index in [1.165, 1.54) is 65.3 Å². The number of nitrogens with zero attached hydrogens (tertiary/aromatic N) is 4. The molecule has 0 spiro atoms. The van der Waals surface area contributed by atoms with E-state index in [1.54, 1.807) is 0 Å². The number of fused-ring (bicyclic) bond motifs is 10. The maximum Gasteiger partial charge on any atom is 0.235 e. The topological polar surface area (TPSA) is 35.6 Å². The summed E-state index contributed by atoms with van der Waals surface area (Å²) in [6.45, 7) is 3.15. The Morgan fingerprint density at radius 3 is 1.90 bits per heavy atom. The summed E-state index contributed by atoms with van der Waals surface area (Å²) in [5.74, 6) is 0.667. The number of hydrogen-bond donors (Lipinski definition) is 0. The normalized spacial score (nSPS) is 12.0. The molecule has 244 valence electrons. The van der Waals surface area contributed by atoms with Crippen LogP contribution < -0.4 is 0 Å². The molecular formula is C48H32N4. The largest absolute Gasteiger partial charge is 0.340 e. The van der Waals surface area contributed by atoms with E-state index in [4.69, 9.17) is 9.97 Å². The summed E-state index contributed by atoms with van der Waals surface area (Å²) >= 11 is 0. The highest BCUT2D eigenvalue weighted by molar-refractivity contribution is 6.22. The van der Waals surface area contributed by atoms with Crippen LogP contribution in [-0.2, 0) is 6.54 Å². The van der Waals surface area contributed by atoms with E-state index >= 15 is 0 Å². The van der Waals surface area contributed by atoms with Crippen molar-refractivity contribution in [3.8, 4) is 28.3 Å². The van der Waals surface area contributed by atoms with E-state index < -0.39 is 0 Å². The second kappa shape index (κ2) is 11.1. The molecule has 0 unspecified atom stereocenters. The zero-order chi connectivity index (χ0) is 34.3. The molecule has 0 amide bonds. The fraction of sp³-hybridized carbons (Fsp3) is 0.0417. The Bertz CT molecular complexity index is 3230. The number of hydrogen-bond acceptors (Lipinski definition) is 2. The van der Waals surface area contributed by atoms with Gasteiger partial charge in [-0.2, -0.15) is 0 Å². The van der Waals surface area contributed by atoms with E-state index in [0.29, 0.717) is 5.95 Å². The lowest BCUT2D eigenvalue weighted by Gasteiger charge is -2.14. The molecule has 0 bridgehead atoms. The van der Waals surface area contributed by atoms with Crippen molar-refractivity contribution in [2.24, 2.45) is 0 Å². The smallest absolute Gasteiger partial charge is 0.235 e. The van der Waals surface area contributed by atoms with E-state index in [2.05, 4.69) is 180 Å². The maximum absolute atomic E-state index is 5.41. The van der Waals surface area contributed by atoms with Crippen LogP contribution in [0.3, 0.4) is 0 Å². The lowest BCUT2D eigenvalue weighted by Crippen LogP contribution is -2.03. The SMILES string of the molecule is CCn1c2ccccc2c2cc(-c3ccc4c(c3)c3ccccc3n4-c3nc(-c4cccc5ccccc45)c4ccccc4n3)c3ccccc3c21. The minimum atomic E-state index is 0.667. The Morgan fingerprint density at radius 1 is 0.442 bits per heavy atom. The van der Waals surface area contributed by atoms with Gasteiger partial charge in [0.25, 0.3) is 0 Å². The van der Waals surface area contributed by atoms with Gasteiger partial charge in [-0.15, -0.1) is 0 Å². The average Bonchev–Trinajstić information content (AvgIpc) is 3.72. The van der Waals surface area contributed by atoms with Crippen LogP contribution in [-0.4, -0.2) is 19.1 Å². The van der Waals surface area contributed by atoms with Crippen molar-refractivity contribution in [3.63, 3.8) is 0 Å². The number of para-hydroxylation sites is 3. The highest BCUT2D eigenvalue weighted by Gasteiger charge is 2.20. The summed E-state index contributed by atoms with van der Waals surface area (Å²) in [5, 5.41) is 10.9. The van der Waals surface area contributed by atoms with E-state index in [1.807, 2.05) is 0 Å². The molecular weight excluding hydrogens is 633 g/mol. The first-order valence-corrected chi connectivity index (χ1v) is 18.0. The molecule has 0 atom stereocenters.